The van der Waals surface area contributed by atoms with E-state index >= 15 is 0 Å². The molecule has 5 rings (SSSR count). The van der Waals surface area contributed by atoms with Gasteiger partial charge in [-0.25, -0.2) is 15.0 Å². The molecule has 12 heteroatoms. The van der Waals surface area contributed by atoms with E-state index in [-0.39, 0.29) is 5.91 Å². The molecule has 2 aromatic carbocycles. The molecule has 1 aliphatic rings. The van der Waals surface area contributed by atoms with Crippen LogP contribution in [-0.2, 0) is 5.41 Å². The first-order valence-electron chi connectivity index (χ1n) is 13.4. The summed E-state index contributed by atoms with van der Waals surface area (Å²) in [6.07, 6.45) is 2.95. The van der Waals surface area contributed by atoms with E-state index in [0.29, 0.717) is 28.8 Å². The van der Waals surface area contributed by atoms with E-state index < -0.39 is 5.41 Å². The highest BCUT2D eigenvalue weighted by atomic mass is 16.1. The molecule has 41 heavy (non-hydrogen) atoms. The third kappa shape index (κ3) is 6.49. The normalized spacial score (nSPS) is 14.3. The number of nitrogens with zero attached hydrogens (tertiary/aromatic N) is 8. The number of rotatable bonds is 8. The van der Waals surface area contributed by atoms with Crippen molar-refractivity contribution in [1.82, 2.24) is 34.6 Å². The highest BCUT2D eigenvalue weighted by molar-refractivity contribution is 6.04. The number of hydrogen-bond acceptors (Lipinski definition) is 10. The number of benzene rings is 2. The van der Waals surface area contributed by atoms with Crippen molar-refractivity contribution in [3.63, 3.8) is 0 Å². The van der Waals surface area contributed by atoms with E-state index in [0.717, 1.165) is 43.0 Å². The van der Waals surface area contributed by atoms with Gasteiger partial charge < -0.3 is 21.0 Å². The van der Waals surface area contributed by atoms with Crippen LogP contribution in [0.15, 0.2) is 61.2 Å². The summed E-state index contributed by atoms with van der Waals surface area (Å²) in [5.74, 6) is 1.43. The van der Waals surface area contributed by atoms with Gasteiger partial charge >= 0.3 is 0 Å². The van der Waals surface area contributed by atoms with Crippen LogP contribution < -0.4 is 16.1 Å². The minimum Gasteiger partial charge on any atom is -0.324 e. The molecule has 1 fully saturated rings. The van der Waals surface area contributed by atoms with Crippen molar-refractivity contribution < 1.29 is 4.79 Å². The molecule has 0 spiro atoms. The Morgan fingerprint density at radius 1 is 1.00 bits per heavy atom. The number of amides is 1. The molecule has 0 unspecified atom stereocenters. The molecule has 0 saturated carbocycles. The Morgan fingerprint density at radius 2 is 1.80 bits per heavy atom. The molecule has 1 amide bonds. The van der Waals surface area contributed by atoms with E-state index in [4.69, 9.17) is 0 Å². The van der Waals surface area contributed by atoms with Gasteiger partial charge in [-0.05, 0) is 63.2 Å². The molecule has 0 bridgehead atoms. The summed E-state index contributed by atoms with van der Waals surface area (Å²) in [5.41, 5.74) is 6.23. The number of carbonyl (C=O) groups is 1. The molecule has 0 radical (unpaired) electrons. The quantitative estimate of drug-likeness (QED) is 0.297. The Hall–Kier alpha value is -4.86. The summed E-state index contributed by atoms with van der Waals surface area (Å²) >= 11 is 0. The number of piperazine rings is 1. The summed E-state index contributed by atoms with van der Waals surface area (Å²) in [7, 11) is 2.11. The zero-order chi connectivity index (χ0) is 29.0. The Bertz CT molecular complexity index is 1580. The fraction of sp³-hybridized carbons (Fsp3) is 0.310. The largest absolute Gasteiger partial charge is 0.324 e. The van der Waals surface area contributed by atoms with E-state index in [1.807, 2.05) is 51.1 Å². The number of aromatic nitrogens is 5. The molecule has 210 valence electrons. The smallest absolute Gasteiger partial charge is 0.255 e. The Balaban J connectivity index is 1.31. The second-order valence-electron chi connectivity index (χ2n) is 10.6. The molecule has 3 N–H and O–H groups in total. The third-order valence-corrected chi connectivity index (χ3v) is 7.06. The number of anilines is 4. The minimum atomic E-state index is -0.696. The van der Waals surface area contributed by atoms with Gasteiger partial charge in [0.15, 0.2) is 5.82 Å². The first-order chi connectivity index (χ1) is 19.7. The maximum absolute atomic E-state index is 13.1. The fourth-order valence-electron chi connectivity index (χ4n) is 4.37. The average molecular weight is 552 g/mol. The number of likely N-dealkylation sites (N-methyl/N-ethyl adjacent to an activating group) is 1. The maximum atomic E-state index is 13.1. The standard InChI is InChI=1S/C29H33N11O/c1-20-8-9-23(35-27(41)21-6-5-7-22(14-21)29(2,3)17-30)15-24(20)36-28-33-19-34-40(28)26-16-25(31-18-32-26)37-39-12-10-38(4)11-13-39/h5-9,14-16,18-19H,10-13H2,1-4H3,(H,35,41)(H,31,32,37)(H,33,34,36). The number of hydrazine groups is 1. The molecule has 3 heterocycles. The van der Waals surface area contributed by atoms with Crippen molar-refractivity contribution in [1.29, 1.82) is 5.26 Å². The highest BCUT2D eigenvalue weighted by Gasteiger charge is 2.21. The second-order valence-corrected chi connectivity index (χ2v) is 10.6. The first-order valence-corrected chi connectivity index (χ1v) is 13.4. The van der Waals surface area contributed by atoms with Crippen LogP contribution in [0.1, 0.15) is 35.3 Å². The van der Waals surface area contributed by atoms with Gasteiger partial charge in [-0.15, -0.1) is 0 Å². The van der Waals surface area contributed by atoms with Crippen molar-refractivity contribution in [3.05, 3.63) is 77.9 Å². The molecule has 1 aliphatic heterocycles. The van der Waals surface area contributed by atoms with Crippen LogP contribution in [0.2, 0.25) is 0 Å². The molecular formula is C29H33N11O. The first kappa shape index (κ1) is 27.7. The van der Waals surface area contributed by atoms with Gasteiger partial charge in [0, 0.05) is 49.2 Å². The Morgan fingerprint density at radius 3 is 2.59 bits per heavy atom. The van der Waals surface area contributed by atoms with Crippen LogP contribution >= 0.6 is 0 Å². The van der Waals surface area contributed by atoms with Crippen molar-refractivity contribution in [2.24, 2.45) is 0 Å². The summed E-state index contributed by atoms with van der Waals surface area (Å²) in [5, 5.41) is 22.3. The van der Waals surface area contributed by atoms with Gasteiger partial charge in [-0.3, -0.25) is 4.79 Å². The number of aryl methyl sites for hydroxylation is 1. The molecule has 1 saturated heterocycles. The van der Waals surface area contributed by atoms with Gasteiger partial charge in [-0.1, -0.05) is 18.2 Å². The third-order valence-electron chi connectivity index (χ3n) is 7.06. The maximum Gasteiger partial charge on any atom is 0.255 e. The number of hydrogen-bond donors (Lipinski definition) is 3. The monoisotopic (exact) mass is 551 g/mol. The summed E-state index contributed by atoms with van der Waals surface area (Å²) in [6, 6.07) is 16.8. The van der Waals surface area contributed by atoms with E-state index in [9.17, 15) is 10.1 Å². The average Bonchev–Trinajstić information content (AvgIpc) is 3.44. The van der Waals surface area contributed by atoms with Crippen molar-refractivity contribution in [3.8, 4) is 11.9 Å². The number of nitrogens with one attached hydrogen (secondary N) is 3. The van der Waals surface area contributed by atoms with Crippen LogP contribution in [-0.4, -0.2) is 73.8 Å². The van der Waals surface area contributed by atoms with E-state index in [2.05, 4.69) is 59.1 Å². The topological polar surface area (TPSA) is 140 Å². The number of nitriles is 1. The predicted octanol–water partition coefficient (Wildman–Crippen LogP) is 3.74. The molecule has 4 aromatic rings. The van der Waals surface area contributed by atoms with Crippen LogP contribution in [0.25, 0.3) is 5.82 Å². The van der Waals surface area contributed by atoms with Crippen LogP contribution in [0.3, 0.4) is 0 Å². The molecule has 2 aromatic heterocycles. The van der Waals surface area contributed by atoms with Gasteiger partial charge in [0.2, 0.25) is 5.95 Å². The second kappa shape index (κ2) is 11.7. The summed E-state index contributed by atoms with van der Waals surface area (Å²) < 4.78 is 1.60. The lowest BCUT2D eigenvalue weighted by atomic mass is 9.85. The summed E-state index contributed by atoms with van der Waals surface area (Å²) in [4.78, 5) is 28.5. The lowest BCUT2D eigenvalue weighted by Gasteiger charge is -2.32. The minimum absolute atomic E-state index is 0.264. The lowest BCUT2D eigenvalue weighted by Crippen LogP contribution is -2.47. The number of carbonyl (C=O) groups excluding carboxylic acids is 1. The van der Waals surface area contributed by atoms with Gasteiger partial charge in [-0.2, -0.15) is 20.0 Å². The predicted molar refractivity (Wildman–Crippen MR) is 157 cm³/mol. The summed E-state index contributed by atoms with van der Waals surface area (Å²) in [6.45, 7) is 9.35. The lowest BCUT2D eigenvalue weighted by molar-refractivity contribution is 0.102. The molecule has 0 aliphatic carbocycles. The van der Waals surface area contributed by atoms with Crippen LogP contribution in [0.4, 0.5) is 23.1 Å². The Kier molecular flexibility index (Phi) is 7.91. The molecule has 12 nitrogen and oxygen atoms in total. The van der Waals surface area contributed by atoms with Crippen LogP contribution in [0, 0.1) is 18.3 Å². The van der Waals surface area contributed by atoms with Crippen LogP contribution in [0.5, 0.6) is 0 Å². The van der Waals surface area contributed by atoms with Gasteiger partial charge in [0.1, 0.15) is 18.5 Å². The van der Waals surface area contributed by atoms with Gasteiger partial charge in [0.25, 0.3) is 5.91 Å². The zero-order valence-electron chi connectivity index (χ0n) is 23.6. The van der Waals surface area contributed by atoms with Crippen molar-refractivity contribution in [2.45, 2.75) is 26.2 Å². The van der Waals surface area contributed by atoms with E-state index in [1.54, 1.807) is 22.9 Å². The zero-order valence-corrected chi connectivity index (χ0v) is 23.6. The fourth-order valence-corrected chi connectivity index (χ4v) is 4.37. The highest BCUT2D eigenvalue weighted by Crippen LogP contribution is 2.26. The SMILES string of the molecule is Cc1ccc(NC(=O)c2cccc(C(C)(C)C#N)c2)cc1Nc1ncnn1-c1cc(NN2CCN(C)CC2)ncn1. The molecule has 0 atom stereocenters. The van der Waals surface area contributed by atoms with Crippen molar-refractivity contribution >= 4 is 29.0 Å². The van der Waals surface area contributed by atoms with Gasteiger partial charge in [0.05, 0.1) is 11.5 Å². The van der Waals surface area contributed by atoms with E-state index in [1.165, 1.54) is 12.7 Å². The molecular weight excluding hydrogens is 518 g/mol. The van der Waals surface area contributed by atoms with Crippen molar-refractivity contribution in [2.75, 3.05) is 49.3 Å². The Labute approximate surface area is 239 Å².